The Labute approximate surface area is 119 Å². The van der Waals surface area contributed by atoms with Crippen molar-refractivity contribution in [2.45, 2.75) is 22.8 Å². The highest BCUT2D eigenvalue weighted by Gasteiger charge is 2.09. The molecule has 0 spiro atoms. The quantitative estimate of drug-likeness (QED) is 0.799. The number of hydrogen-bond acceptors (Lipinski definition) is 5. The maximum Gasteiger partial charge on any atom is 0.156 e. The zero-order valence-corrected chi connectivity index (χ0v) is 12.1. The third kappa shape index (κ3) is 2.63. The summed E-state index contributed by atoms with van der Waals surface area (Å²) in [7, 11) is 0. The van der Waals surface area contributed by atoms with E-state index in [0.29, 0.717) is 6.54 Å². The van der Waals surface area contributed by atoms with Crippen molar-refractivity contribution in [1.29, 1.82) is 0 Å². The normalized spacial score (nSPS) is 11.1. The minimum Gasteiger partial charge on any atom is -0.326 e. The molecule has 5 heteroatoms. The van der Waals surface area contributed by atoms with Crippen molar-refractivity contribution >= 4 is 34.0 Å². The van der Waals surface area contributed by atoms with Gasteiger partial charge in [0, 0.05) is 23.0 Å². The summed E-state index contributed by atoms with van der Waals surface area (Å²) in [5, 5.41) is 4.13. The SMILES string of the molecule is Cc1csc(Sc2nc3ccccc3cc2CN)n1. The molecule has 2 heterocycles. The van der Waals surface area contributed by atoms with Gasteiger partial charge in [-0.3, -0.25) is 0 Å². The topological polar surface area (TPSA) is 51.8 Å². The van der Waals surface area contributed by atoms with Gasteiger partial charge in [0.25, 0.3) is 0 Å². The van der Waals surface area contributed by atoms with E-state index < -0.39 is 0 Å². The van der Waals surface area contributed by atoms with E-state index in [1.54, 1.807) is 23.1 Å². The summed E-state index contributed by atoms with van der Waals surface area (Å²) in [6.07, 6.45) is 0. The first-order valence-corrected chi connectivity index (χ1v) is 7.64. The summed E-state index contributed by atoms with van der Waals surface area (Å²) in [5.74, 6) is 0. The number of benzene rings is 1. The first-order valence-electron chi connectivity index (χ1n) is 5.95. The highest BCUT2D eigenvalue weighted by Crippen LogP contribution is 2.32. The molecular formula is C14H13N3S2. The molecule has 0 saturated heterocycles. The fourth-order valence-corrected chi connectivity index (χ4v) is 3.71. The third-order valence-electron chi connectivity index (χ3n) is 2.77. The molecule has 0 aliphatic heterocycles. The average Bonchev–Trinajstić information content (AvgIpc) is 2.83. The number of hydrogen-bond donors (Lipinski definition) is 1. The Balaban J connectivity index is 2.05. The second-order valence-electron chi connectivity index (χ2n) is 4.21. The molecule has 0 saturated carbocycles. The molecule has 1 aromatic carbocycles. The molecule has 0 unspecified atom stereocenters. The van der Waals surface area contributed by atoms with Crippen LogP contribution in [0.15, 0.2) is 45.1 Å². The van der Waals surface area contributed by atoms with Gasteiger partial charge in [-0.05, 0) is 36.4 Å². The Bertz CT molecular complexity index is 722. The molecule has 0 aliphatic carbocycles. The molecule has 19 heavy (non-hydrogen) atoms. The maximum absolute atomic E-state index is 5.83. The predicted molar refractivity (Wildman–Crippen MR) is 80.6 cm³/mol. The molecule has 0 bridgehead atoms. The van der Waals surface area contributed by atoms with Gasteiger partial charge in [-0.15, -0.1) is 11.3 Å². The van der Waals surface area contributed by atoms with Crippen LogP contribution >= 0.6 is 23.1 Å². The Kier molecular flexibility index (Phi) is 3.50. The number of pyridine rings is 1. The van der Waals surface area contributed by atoms with Gasteiger partial charge in [-0.2, -0.15) is 0 Å². The van der Waals surface area contributed by atoms with E-state index in [9.17, 15) is 0 Å². The fourth-order valence-electron chi connectivity index (χ4n) is 1.84. The lowest BCUT2D eigenvalue weighted by Crippen LogP contribution is -2.00. The van der Waals surface area contributed by atoms with Gasteiger partial charge in [-0.25, -0.2) is 9.97 Å². The Morgan fingerprint density at radius 1 is 1.26 bits per heavy atom. The van der Waals surface area contributed by atoms with Gasteiger partial charge in [0.1, 0.15) is 5.03 Å². The Morgan fingerprint density at radius 2 is 2.11 bits per heavy atom. The van der Waals surface area contributed by atoms with E-state index in [4.69, 9.17) is 10.7 Å². The van der Waals surface area contributed by atoms with Crippen LogP contribution in [-0.4, -0.2) is 9.97 Å². The van der Waals surface area contributed by atoms with Crippen molar-refractivity contribution in [3.05, 3.63) is 47.0 Å². The van der Waals surface area contributed by atoms with Gasteiger partial charge in [0.15, 0.2) is 4.34 Å². The fraction of sp³-hybridized carbons (Fsp3) is 0.143. The number of fused-ring (bicyclic) bond motifs is 1. The van der Waals surface area contributed by atoms with Crippen molar-refractivity contribution in [3.8, 4) is 0 Å². The first kappa shape index (κ1) is 12.6. The molecule has 0 radical (unpaired) electrons. The Morgan fingerprint density at radius 3 is 2.84 bits per heavy atom. The molecule has 0 aliphatic rings. The maximum atomic E-state index is 5.83. The third-order valence-corrected chi connectivity index (χ3v) is 4.87. The molecule has 0 fully saturated rings. The van der Waals surface area contributed by atoms with Crippen molar-refractivity contribution in [3.63, 3.8) is 0 Å². The average molecular weight is 287 g/mol. The summed E-state index contributed by atoms with van der Waals surface area (Å²) < 4.78 is 1.01. The Hall–Kier alpha value is -1.43. The van der Waals surface area contributed by atoms with E-state index in [0.717, 1.165) is 31.5 Å². The van der Waals surface area contributed by atoms with E-state index in [1.807, 2.05) is 30.5 Å². The lowest BCUT2D eigenvalue weighted by atomic mass is 10.1. The monoisotopic (exact) mass is 287 g/mol. The smallest absolute Gasteiger partial charge is 0.156 e. The molecule has 0 amide bonds. The minimum atomic E-state index is 0.491. The summed E-state index contributed by atoms with van der Waals surface area (Å²) in [4.78, 5) is 9.16. The second-order valence-corrected chi connectivity index (χ2v) is 6.30. The molecule has 3 nitrogen and oxygen atoms in total. The number of nitrogens with zero attached hydrogens (tertiary/aromatic N) is 2. The molecule has 2 N–H and O–H groups in total. The van der Waals surface area contributed by atoms with Gasteiger partial charge in [-0.1, -0.05) is 18.2 Å². The van der Waals surface area contributed by atoms with Crippen LogP contribution in [0.4, 0.5) is 0 Å². The number of aromatic nitrogens is 2. The summed E-state index contributed by atoms with van der Waals surface area (Å²) in [5.41, 5.74) is 8.94. The van der Waals surface area contributed by atoms with Crippen LogP contribution in [-0.2, 0) is 6.54 Å². The van der Waals surface area contributed by atoms with Gasteiger partial charge >= 0.3 is 0 Å². The number of thiazole rings is 1. The van der Waals surface area contributed by atoms with Crippen LogP contribution < -0.4 is 5.73 Å². The molecule has 3 rings (SSSR count). The van der Waals surface area contributed by atoms with E-state index in [2.05, 4.69) is 17.1 Å². The largest absolute Gasteiger partial charge is 0.326 e. The van der Waals surface area contributed by atoms with E-state index in [1.165, 1.54) is 0 Å². The summed E-state index contributed by atoms with van der Waals surface area (Å²) in [6.45, 7) is 2.49. The number of para-hydroxylation sites is 1. The van der Waals surface area contributed by atoms with Crippen molar-refractivity contribution in [2.24, 2.45) is 5.73 Å². The van der Waals surface area contributed by atoms with Crippen molar-refractivity contribution in [1.82, 2.24) is 9.97 Å². The van der Waals surface area contributed by atoms with Crippen LogP contribution in [0.1, 0.15) is 11.3 Å². The molecular weight excluding hydrogens is 274 g/mol. The first-order chi connectivity index (χ1) is 9.26. The van der Waals surface area contributed by atoms with E-state index >= 15 is 0 Å². The number of aryl methyl sites for hydroxylation is 1. The highest BCUT2D eigenvalue weighted by atomic mass is 32.2. The zero-order chi connectivity index (χ0) is 13.2. The van der Waals surface area contributed by atoms with E-state index in [-0.39, 0.29) is 0 Å². The zero-order valence-electron chi connectivity index (χ0n) is 10.5. The highest BCUT2D eigenvalue weighted by molar-refractivity contribution is 8.01. The molecule has 96 valence electrons. The minimum absolute atomic E-state index is 0.491. The summed E-state index contributed by atoms with van der Waals surface area (Å²) >= 11 is 3.23. The van der Waals surface area contributed by atoms with Crippen molar-refractivity contribution in [2.75, 3.05) is 0 Å². The predicted octanol–water partition coefficient (Wildman–Crippen LogP) is 3.61. The van der Waals surface area contributed by atoms with Crippen molar-refractivity contribution < 1.29 is 0 Å². The van der Waals surface area contributed by atoms with Gasteiger partial charge < -0.3 is 5.73 Å². The second kappa shape index (κ2) is 5.28. The van der Waals surface area contributed by atoms with Crippen LogP contribution in [0.2, 0.25) is 0 Å². The molecule has 2 aromatic heterocycles. The summed E-state index contributed by atoms with van der Waals surface area (Å²) in [6, 6.07) is 10.2. The number of rotatable bonds is 3. The lowest BCUT2D eigenvalue weighted by Gasteiger charge is -2.07. The van der Waals surface area contributed by atoms with Gasteiger partial charge in [0.2, 0.25) is 0 Å². The number of nitrogens with two attached hydrogens (primary N) is 1. The van der Waals surface area contributed by atoms with Crippen LogP contribution in [0.3, 0.4) is 0 Å². The lowest BCUT2D eigenvalue weighted by molar-refractivity contribution is 0.980. The van der Waals surface area contributed by atoms with Gasteiger partial charge in [0.05, 0.1) is 5.52 Å². The molecule has 0 atom stereocenters. The van der Waals surface area contributed by atoms with Crippen LogP contribution in [0, 0.1) is 6.92 Å². The molecule has 3 aromatic rings. The van der Waals surface area contributed by atoms with Crippen LogP contribution in [0.5, 0.6) is 0 Å². The standard InChI is InChI=1S/C14H13N3S2/c1-9-8-18-14(16-9)19-13-11(7-15)6-10-4-2-3-5-12(10)17-13/h2-6,8H,7,15H2,1H3. The van der Waals surface area contributed by atoms with Crippen LogP contribution in [0.25, 0.3) is 10.9 Å².